The highest BCUT2D eigenvalue weighted by molar-refractivity contribution is 6.87. The Morgan fingerprint density at radius 2 is 1.43 bits per heavy atom. The van der Waals surface area contributed by atoms with Crippen molar-refractivity contribution in [3.8, 4) is 0 Å². The Labute approximate surface area is 88.9 Å². The molecule has 0 atom stereocenters. The van der Waals surface area contributed by atoms with Crippen molar-refractivity contribution in [3.63, 3.8) is 0 Å². The minimum absolute atomic E-state index is 0.358. The lowest BCUT2D eigenvalue weighted by Gasteiger charge is -2.46. The second kappa shape index (κ2) is 3.08. The molecule has 0 aromatic heterocycles. The van der Waals surface area contributed by atoms with Gasteiger partial charge in [0.25, 0.3) is 0 Å². The minimum atomic E-state index is -1.45. The summed E-state index contributed by atoms with van der Waals surface area (Å²) in [6.45, 7) is 8.91. The van der Waals surface area contributed by atoms with Crippen LogP contribution in [0.1, 0.15) is 53.4 Å². The van der Waals surface area contributed by atoms with Crippen LogP contribution in [0.5, 0.6) is 0 Å². The van der Waals surface area contributed by atoms with Gasteiger partial charge in [-0.15, -0.1) is 0 Å². The average molecular weight is 212 g/mol. The fourth-order valence-electron chi connectivity index (χ4n) is 4.10. The van der Waals surface area contributed by atoms with Gasteiger partial charge < -0.3 is 5.11 Å². The molecule has 1 nitrogen and oxygen atoms in total. The van der Waals surface area contributed by atoms with E-state index in [0.717, 1.165) is 16.6 Å². The molecule has 0 heterocycles. The van der Waals surface area contributed by atoms with Crippen molar-refractivity contribution in [2.24, 2.45) is 0 Å². The molecule has 2 aliphatic carbocycles. The molecule has 0 radical (unpaired) electrons. The molecule has 0 spiro atoms. The summed E-state index contributed by atoms with van der Waals surface area (Å²) in [5.41, 5.74) is 2.63. The Morgan fingerprint density at radius 3 is 1.57 bits per heavy atom. The lowest BCUT2D eigenvalue weighted by Crippen LogP contribution is -2.58. The molecule has 0 unspecified atom stereocenters. The van der Waals surface area contributed by atoms with Crippen molar-refractivity contribution in [1.82, 2.24) is 0 Å². The number of hydrogen-bond acceptors (Lipinski definition) is 1. The Hall–Kier alpha value is 0.177. The molecule has 0 aliphatic heterocycles. The molecule has 14 heavy (non-hydrogen) atoms. The maximum absolute atomic E-state index is 10.6. The third kappa shape index (κ3) is 1.38. The van der Waals surface area contributed by atoms with Crippen LogP contribution in [0.2, 0.25) is 16.6 Å². The minimum Gasteiger partial charge on any atom is -0.394 e. The third-order valence-corrected chi connectivity index (χ3v) is 12.4. The van der Waals surface area contributed by atoms with Gasteiger partial charge in [0, 0.05) is 0 Å². The Morgan fingerprint density at radius 1 is 1.07 bits per heavy atom. The van der Waals surface area contributed by atoms with Crippen LogP contribution < -0.4 is 0 Å². The van der Waals surface area contributed by atoms with Crippen LogP contribution >= 0.6 is 0 Å². The molecule has 2 fully saturated rings. The molecule has 82 valence electrons. The van der Waals surface area contributed by atoms with Crippen molar-refractivity contribution in [3.05, 3.63) is 0 Å². The van der Waals surface area contributed by atoms with E-state index in [9.17, 15) is 5.11 Å². The highest BCUT2D eigenvalue weighted by Gasteiger charge is 2.64. The molecule has 2 rings (SSSR count). The zero-order valence-corrected chi connectivity index (χ0v) is 11.0. The van der Waals surface area contributed by atoms with Gasteiger partial charge in [-0.1, -0.05) is 39.5 Å². The van der Waals surface area contributed by atoms with Crippen LogP contribution in [0.15, 0.2) is 0 Å². The van der Waals surface area contributed by atoms with Gasteiger partial charge in [0.1, 0.15) is 0 Å². The van der Waals surface area contributed by atoms with E-state index in [0.29, 0.717) is 0 Å². The van der Waals surface area contributed by atoms with Crippen LogP contribution in [0.3, 0.4) is 0 Å². The molecule has 2 saturated carbocycles. The third-order valence-electron chi connectivity index (χ3n) is 4.52. The molecular formula is C12H24OSi. The van der Waals surface area contributed by atoms with Crippen LogP contribution in [0, 0.1) is 0 Å². The van der Waals surface area contributed by atoms with Crippen molar-refractivity contribution in [2.45, 2.75) is 75.2 Å². The summed E-state index contributed by atoms with van der Waals surface area (Å²) >= 11 is 0. The van der Waals surface area contributed by atoms with E-state index in [1.165, 1.54) is 25.7 Å². The standard InChI is InChI=1S/C12H24OSi/c1-9(2)14(10-5-6-10,11-7-8-11)12(3,4)13/h9-11,13H,5-8H2,1-4H3. The van der Waals surface area contributed by atoms with Gasteiger partial charge >= 0.3 is 0 Å². The van der Waals surface area contributed by atoms with E-state index in [1.54, 1.807) is 0 Å². The summed E-state index contributed by atoms with van der Waals surface area (Å²) in [5.74, 6) is 0. The Bertz CT molecular complexity index is 203. The molecule has 0 bridgehead atoms. The first-order valence-corrected chi connectivity index (χ1v) is 8.36. The summed E-state index contributed by atoms with van der Waals surface area (Å²) in [6.07, 6.45) is 5.63. The first-order valence-electron chi connectivity index (χ1n) is 6.13. The molecular weight excluding hydrogens is 188 g/mol. The summed E-state index contributed by atoms with van der Waals surface area (Å²) < 4.78 is 0. The molecule has 2 heteroatoms. The highest BCUT2D eigenvalue weighted by Crippen LogP contribution is 2.65. The van der Waals surface area contributed by atoms with Gasteiger partial charge in [0.2, 0.25) is 0 Å². The zero-order chi connectivity index (χ0) is 10.6. The van der Waals surface area contributed by atoms with E-state index in [4.69, 9.17) is 0 Å². The van der Waals surface area contributed by atoms with Crippen LogP contribution in [0.4, 0.5) is 0 Å². The monoisotopic (exact) mass is 212 g/mol. The lowest BCUT2D eigenvalue weighted by molar-refractivity contribution is 0.150. The van der Waals surface area contributed by atoms with E-state index in [2.05, 4.69) is 27.7 Å². The number of rotatable bonds is 4. The molecule has 1 N–H and O–H groups in total. The van der Waals surface area contributed by atoms with Gasteiger partial charge in [0.05, 0.1) is 13.3 Å². The largest absolute Gasteiger partial charge is 0.394 e. The van der Waals surface area contributed by atoms with Gasteiger partial charge in [0.15, 0.2) is 0 Å². The SMILES string of the molecule is CC(C)[Si](C1CC1)(C1CC1)C(C)(C)O. The van der Waals surface area contributed by atoms with Crippen LogP contribution in [-0.4, -0.2) is 18.4 Å². The van der Waals surface area contributed by atoms with E-state index in [-0.39, 0.29) is 5.22 Å². The molecule has 0 aromatic carbocycles. The van der Waals surface area contributed by atoms with Crippen LogP contribution in [0.25, 0.3) is 0 Å². The van der Waals surface area contributed by atoms with Crippen molar-refractivity contribution in [2.75, 3.05) is 0 Å². The molecule has 2 aliphatic rings. The summed E-state index contributed by atoms with van der Waals surface area (Å²) in [4.78, 5) is 0. The predicted molar refractivity (Wildman–Crippen MR) is 63.1 cm³/mol. The highest BCUT2D eigenvalue weighted by atomic mass is 28.3. The van der Waals surface area contributed by atoms with Gasteiger partial charge in [-0.25, -0.2) is 0 Å². The molecule has 0 aromatic rings. The summed E-state index contributed by atoms with van der Waals surface area (Å²) in [6, 6.07) is 0. The quantitative estimate of drug-likeness (QED) is 0.707. The predicted octanol–water partition coefficient (Wildman–Crippen LogP) is 3.48. The smallest absolute Gasteiger partial charge is 0.0990 e. The second-order valence-corrected chi connectivity index (χ2v) is 12.1. The second-order valence-electron chi connectivity index (χ2n) is 6.20. The van der Waals surface area contributed by atoms with Crippen LogP contribution in [-0.2, 0) is 0 Å². The Kier molecular flexibility index (Phi) is 2.35. The Balaban J connectivity index is 2.33. The molecule has 0 amide bonds. The topological polar surface area (TPSA) is 20.2 Å². The van der Waals surface area contributed by atoms with Gasteiger partial charge in [-0.3, -0.25) is 0 Å². The van der Waals surface area contributed by atoms with E-state index >= 15 is 0 Å². The zero-order valence-electron chi connectivity index (χ0n) is 10.0. The maximum atomic E-state index is 10.6. The lowest BCUT2D eigenvalue weighted by atomic mass is 10.5. The fraction of sp³-hybridized carbons (Fsp3) is 1.00. The normalized spacial score (nSPS) is 24.4. The van der Waals surface area contributed by atoms with Crippen molar-refractivity contribution >= 4 is 8.07 Å². The van der Waals surface area contributed by atoms with E-state index in [1.807, 2.05) is 0 Å². The average Bonchev–Trinajstić information content (AvgIpc) is 2.75. The van der Waals surface area contributed by atoms with Crippen molar-refractivity contribution < 1.29 is 5.11 Å². The first-order chi connectivity index (χ1) is 6.40. The summed E-state index contributed by atoms with van der Waals surface area (Å²) in [5, 5.41) is 10.2. The number of hydrogen-bond donors (Lipinski definition) is 1. The maximum Gasteiger partial charge on any atom is 0.0990 e. The van der Waals surface area contributed by atoms with Gasteiger partial charge in [-0.05, 0) is 30.5 Å². The number of aliphatic hydroxyl groups is 1. The molecule has 0 saturated heterocycles. The van der Waals surface area contributed by atoms with E-state index < -0.39 is 8.07 Å². The summed E-state index contributed by atoms with van der Waals surface area (Å²) in [7, 11) is -1.45. The van der Waals surface area contributed by atoms with Crippen molar-refractivity contribution in [1.29, 1.82) is 0 Å². The van der Waals surface area contributed by atoms with Gasteiger partial charge in [-0.2, -0.15) is 0 Å². The fourth-order valence-corrected chi connectivity index (χ4v) is 12.3. The first kappa shape index (κ1) is 10.7.